The maximum atomic E-state index is 14.3. The molecule has 2 aromatic rings. The smallest absolute Gasteiger partial charge is 0.408 e. The highest BCUT2D eigenvalue weighted by molar-refractivity contribution is 7.61. The first-order chi connectivity index (χ1) is 15.9. The minimum atomic E-state index is -4.23. The van der Waals surface area contributed by atoms with Crippen LogP contribution >= 0.6 is 7.60 Å². The van der Waals surface area contributed by atoms with Crippen molar-refractivity contribution >= 4 is 12.9 Å². The number of rotatable bonds is 4. The van der Waals surface area contributed by atoms with Crippen LogP contribution < -0.4 is 9.83 Å². The molecule has 0 amide bonds. The first-order valence-corrected chi connectivity index (χ1v) is 14.9. The second kappa shape index (κ2) is 9.63. The molecule has 1 N–H and O–H groups in total. The summed E-state index contributed by atoms with van der Waals surface area (Å²) in [5.41, 5.74) is 6.49. The molecule has 4 heteroatoms. The van der Waals surface area contributed by atoms with E-state index in [9.17, 15) is 9.46 Å². The van der Waals surface area contributed by atoms with E-state index < -0.39 is 7.60 Å². The van der Waals surface area contributed by atoms with Gasteiger partial charge in [-0.15, -0.1) is 0 Å². The molecule has 0 fully saturated rings. The van der Waals surface area contributed by atoms with Crippen molar-refractivity contribution in [1.29, 1.82) is 0 Å². The third-order valence-electron chi connectivity index (χ3n) is 6.96. The van der Waals surface area contributed by atoms with E-state index >= 15 is 0 Å². The molecule has 0 saturated heterocycles. The van der Waals surface area contributed by atoms with Gasteiger partial charge in [-0.1, -0.05) is 108 Å². The van der Waals surface area contributed by atoms with Gasteiger partial charge >= 0.3 is 7.60 Å². The second-order valence-corrected chi connectivity index (χ2v) is 16.2. The Balaban J connectivity index is 2.92. The van der Waals surface area contributed by atoms with Crippen LogP contribution in [0.25, 0.3) is 0 Å². The normalized spacial score (nSPS) is 15.1. The van der Waals surface area contributed by atoms with E-state index in [4.69, 9.17) is 4.52 Å². The van der Waals surface area contributed by atoms with Crippen LogP contribution in [-0.4, -0.2) is 4.89 Å². The summed E-state index contributed by atoms with van der Waals surface area (Å²) in [5.74, 6) is 0.526. The first kappa shape index (κ1) is 30.7. The van der Waals surface area contributed by atoms with Crippen LogP contribution in [0.5, 0.6) is 5.75 Å². The summed E-state index contributed by atoms with van der Waals surface area (Å²) in [6.07, 6.45) is 0.791. The molecule has 0 aromatic heterocycles. The number of aryl methyl sites for hydroxylation is 2. The Labute approximate surface area is 221 Å². The Morgan fingerprint density at radius 1 is 0.722 bits per heavy atom. The molecule has 2 aromatic carbocycles. The van der Waals surface area contributed by atoms with Gasteiger partial charge in [-0.25, -0.2) is 4.57 Å². The van der Waals surface area contributed by atoms with Crippen LogP contribution in [0.4, 0.5) is 0 Å². The van der Waals surface area contributed by atoms with Crippen LogP contribution in [-0.2, 0) is 32.6 Å². The molecule has 2 rings (SSSR count). The molecule has 0 aliphatic carbocycles. The lowest BCUT2D eigenvalue weighted by atomic mass is 9.74. The zero-order valence-corrected chi connectivity index (χ0v) is 26.5. The summed E-state index contributed by atoms with van der Waals surface area (Å²) in [5, 5.41) is 0.457. The predicted molar refractivity (Wildman–Crippen MR) is 157 cm³/mol. The summed E-state index contributed by atoms with van der Waals surface area (Å²) in [4.78, 5) is 11.8. The van der Waals surface area contributed by atoms with Crippen molar-refractivity contribution in [3.05, 3.63) is 57.1 Å². The highest BCUT2D eigenvalue weighted by atomic mass is 31.2. The average molecular weight is 515 g/mol. The standard InChI is InChI=1S/C32H51O3P/c1-16-23-24(30(7,8)9)18-21(3)28(26(23)32(13,14)15)36(33,34)35-27-20(2)17-22(29(4,5)6)19-25(27)31(10,11)12/h17-19H,16H2,1-15H3,(H,33,34). The fraction of sp³-hybridized carbons (Fsp3) is 0.625. The lowest BCUT2D eigenvalue weighted by Gasteiger charge is -2.35. The van der Waals surface area contributed by atoms with Gasteiger partial charge in [-0.2, -0.15) is 0 Å². The lowest BCUT2D eigenvalue weighted by molar-refractivity contribution is 0.384. The molecule has 36 heavy (non-hydrogen) atoms. The SMILES string of the molecule is CCc1c(C(C)(C)C)cc(C)c(P(=O)(O)Oc2c(C)cc(C(C)(C)C)cc2C(C)(C)C)c1C(C)(C)C. The zero-order chi connectivity index (χ0) is 28.2. The predicted octanol–water partition coefficient (Wildman–Crippen LogP) is 8.95. The van der Waals surface area contributed by atoms with Gasteiger partial charge in [0, 0.05) is 5.56 Å². The molecule has 0 aliphatic rings. The van der Waals surface area contributed by atoms with Crippen LogP contribution in [0, 0.1) is 13.8 Å². The highest BCUT2D eigenvalue weighted by Gasteiger charge is 2.39. The minimum Gasteiger partial charge on any atom is -0.421 e. The molecule has 0 aliphatic heterocycles. The van der Waals surface area contributed by atoms with E-state index in [1.54, 1.807) is 0 Å². The van der Waals surface area contributed by atoms with Crippen molar-refractivity contribution in [3.8, 4) is 5.75 Å². The third-order valence-corrected chi connectivity index (χ3v) is 8.53. The van der Waals surface area contributed by atoms with E-state index in [0.717, 1.165) is 34.2 Å². The van der Waals surface area contributed by atoms with Gasteiger partial charge in [-0.05, 0) is 75.3 Å². The fourth-order valence-electron chi connectivity index (χ4n) is 5.11. The summed E-state index contributed by atoms with van der Waals surface area (Å²) >= 11 is 0. The Morgan fingerprint density at radius 3 is 1.61 bits per heavy atom. The Hall–Kier alpha value is -1.57. The summed E-state index contributed by atoms with van der Waals surface area (Å²) in [6.45, 7) is 32.0. The monoisotopic (exact) mass is 514 g/mol. The van der Waals surface area contributed by atoms with Crippen LogP contribution in [0.2, 0.25) is 0 Å². The zero-order valence-electron chi connectivity index (χ0n) is 25.7. The molecule has 1 unspecified atom stereocenters. The Bertz CT molecular complexity index is 1180. The maximum Gasteiger partial charge on any atom is 0.408 e. The summed E-state index contributed by atoms with van der Waals surface area (Å²) < 4.78 is 20.6. The quantitative estimate of drug-likeness (QED) is 0.414. The third kappa shape index (κ3) is 6.28. The molecule has 0 spiro atoms. The van der Waals surface area contributed by atoms with Gasteiger partial charge in [0.15, 0.2) is 0 Å². The van der Waals surface area contributed by atoms with E-state index in [0.29, 0.717) is 11.1 Å². The Kier molecular flexibility index (Phi) is 8.20. The van der Waals surface area contributed by atoms with Gasteiger partial charge in [0.1, 0.15) is 5.75 Å². The van der Waals surface area contributed by atoms with Crippen molar-refractivity contribution in [3.63, 3.8) is 0 Å². The van der Waals surface area contributed by atoms with Crippen molar-refractivity contribution < 1.29 is 14.0 Å². The van der Waals surface area contributed by atoms with Crippen LogP contribution in [0.1, 0.15) is 129 Å². The Morgan fingerprint density at radius 2 is 1.22 bits per heavy atom. The molecule has 0 heterocycles. The molecule has 0 bridgehead atoms. The van der Waals surface area contributed by atoms with Gasteiger partial charge in [0.25, 0.3) is 0 Å². The summed E-state index contributed by atoms with van der Waals surface area (Å²) in [6, 6.07) is 6.36. The van der Waals surface area contributed by atoms with Crippen molar-refractivity contribution in [2.75, 3.05) is 0 Å². The number of benzene rings is 2. The first-order valence-electron chi connectivity index (χ1n) is 13.3. The topological polar surface area (TPSA) is 46.5 Å². The second-order valence-electron chi connectivity index (χ2n) is 14.6. The average Bonchev–Trinajstić information content (AvgIpc) is 2.64. The van der Waals surface area contributed by atoms with Crippen molar-refractivity contribution in [2.45, 2.75) is 132 Å². The number of hydrogen-bond donors (Lipinski definition) is 1. The molecule has 1 atom stereocenters. The van der Waals surface area contributed by atoms with Gasteiger partial charge < -0.3 is 9.42 Å². The van der Waals surface area contributed by atoms with E-state index in [2.05, 4.69) is 108 Å². The minimum absolute atomic E-state index is 0.0407. The molecular weight excluding hydrogens is 463 g/mol. The van der Waals surface area contributed by atoms with E-state index in [1.807, 2.05) is 13.8 Å². The van der Waals surface area contributed by atoms with Crippen LogP contribution in [0.3, 0.4) is 0 Å². The van der Waals surface area contributed by atoms with Gasteiger partial charge in [-0.3, -0.25) is 0 Å². The largest absolute Gasteiger partial charge is 0.421 e. The van der Waals surface area contributed by atoms with E-state index in [-0.39, 0.29) is 21.7 Å². The van der Waals surface area contributed by atoms with Gasteiger partial charge in [0.2, 0.25) is 0 Å². The number of hydrogen-bond acceptors (Lipinski definition) is 2. The van der Waals surface area contributed by atoms with Gasteiger partial charge in [0.05, 0.1) is 5.30 Å². The van der Waals surface area contributed by atoms with Crippen molar-refractivity contribution in [2.24, 2.45) is 0 Å². The molecule has 0 saturated carbocycles. The lowest BCUT2D eigenvalue weighted by Crippen LogP contribution is -2.32. The maximum absolute atomic E-state index is 14.3. The highest BCUT2D eigenvalue weighted by Crippen LogP contribution is 2.51. The molecule has 3 nitrogen and oxygen atoms in total. The molecular formula is C32H51O3P. The molecule has 202 valence electrons. The fourth-order valence-corrected chi connectivity index (χ4v) is 6.95. The van der Waals surface area contributed by atoms with Crippen LogP contribution in [0.15, 0.2) is 18.2 Å². The van der Waals surface area contributed by atoms with E-state index in [1.165, 1.54) is 11.1 Å². The summed E-state index contributed by atoms with van der Waals surface area (Å²) in [7, 11) is -4.23. The molecule has 0 radical (unpaired) electrons. The van der Waals surface area contributed by atoms with Crippen molar-refractivity contribution in [1.82, 2.24) is 0 Å².